The molecule has 0 atom stereocenters. The number of aromatic nitrogens is 1. The topological polar surface area (TPSA) is 36.7 Å². The van der Waals surface area contributed by atoms with Gasteiger partial charge < -0.3 is 0 Å². The summed E-state index contributed by atoms with van der Waals surface area (Å²) in [5.74, 6) is 0. The summed E-state index contributed by atoms with van der Waals surface area (Å²) in [6.07, 6.45) is 5.02. The highest BCUT2D eigenvalue weighted by Gasteiger charge is 2.03. The Bertz CT molecular complexity index is 628. The second-order valence-electron chi connectivity index (χ2n) is 3.58. The second-order valence-corrected chi connectivity index (χ2v) is 4.42. The summed E-state index contributed by atoms with van der Waals surface area (Å²) >= 11 is 11.9. The number of benzene rings is 1. The molecule has 2 rings (SSSR count). The van der Waals surface area contributed by atoms with Crippen LogP contribution in [0.4, 0.5) is 0 Å². The van der Waals surface area contributed by atoms with Crippen molar-refractivity contribution in [3.63, 3.8) is 0 Å². The minimum Gasteiger partial charge on any atom is -0.264 e. The maximum atomic E-state index is 9.17. The SMILES string of the molecule is N#C/C(=C\c1ccc(Cl)cc1Cl)c1cccnc1. The molecule has 0 aliphatic rings. The van der Waals surface area contributed by atoms with Gasteiger partial charge in [-0.3, -0.25) is 4.98 Å². The van der Waals surface area contributed by atoms with E-state index in [4.69, 9.17) is 23.2 Å². The van der Waals surface area contributed by atoms with Crippen molar-refractivity contribution < 1.29 is 0 Å². The maximum Gasteiger partial charge on any atom is 0.0998 e. The number of allylic oxidation sites excluding steroid dienone is 1. The Hall–Kier alpha value is -1.82. The predicted octanol–water partition coefficient (Wildman–Crippen LogP) is 4.45. The average Bonchev–Trinajstić information content (AvgIpc) is 2.39. The Kier molecular flexibility index (Phi) is 3.99. The standard InChI is InChI=1S/C14H8Cl2N2/c15-13-4-3-10(14(16)7-13)6-12(8-17)11-2-1-5-18-9-11/h1-7,9H/b12-6+. The number of rotatable bonds is 2. The molecular weight excluding hydrogens is 267 g/mol. The normalized spacial score (nSPS) is 11.1. The average molecular weight is 275 g/mol. The molecule has 18 heavy (non-hydrogen) atoms. The second kappa shape index (κ2) is 5.68. The molecule has 0 radical (unpaired) electrons. The molecule has 0 spiro atoms. The van der Waals surface area contributed by atoms with E-state index >= 15 is 0 Å². The van der Waals surface area contributed by atoms with Crippen molar-refractivity contribution in [1.82, 2.24) is 4.98 Å². The van der Waals surface area contributed by atoms with Gasteiger partial charge in [-0.05, 0) is 29.8 Å². The number of nitrogens with zero attached hydrogens (tertiary/aromatic N) is 2. The zero-order valence-corrected chi connectivity index (χ0v) is 10.8. The Morgan fingerprint density at radius 1 is 1.28 bits per heavy atom. The van der Waals surface area contributed by atoms with E-state index < -0.39 is 0 Å². The Labute approximate surface area is 115 Å². The highest BCUT2D eigenvalue weighted by atomic mass is 35.5. The van der Waals surface area contributed by atoms with Gasteiger partial charge in [0.2, 0.25) is 0 Å². The summed E-state index contributed by atoms with van der Waals surface area (Å²) in [6.45, 7) is 0. The van der Waals surface area contributed by atoms with Gasteiger partial charge in [-0.25, -0.2) is 0 Å². The highest BCUT2D eigenvalue weighted by molar-refractivity contribution is 6.35. The molecule has 2 nitrogen and oxygen atoms in total. The Balaban J connectivity index is 2.45. The molecule has 2 aromatic rings. The van der Waals surface area contributed by atoms with Crippen molar-refractivity contribution in [1.29, 1.82) is 5.26 Å². The fourth-order valence-electron chi connectivity index (χ4n) is 1.48. The fraction of sp³-hybridized carbons (Fsp3) is 0. The molecule has 0 saturated carbocycles. The van der Waals surface area contributed by atoms with Crippen LogP contribution in [-0.4, -0.2) is 4.98 Å². The zero-order chi connectivity index (χ0) is 13.0. The van der Waals surface area contributed by atoms with Gasteiger partial charge in [-0.2, -0.15) is 5.26 Å². The van der Waals surface area contributed by atoms with Crippen LogP contribution in [0.25, 0.3) is 11.6 Å². The summed E-state index contributed by atoms with van der Waals surface area (Å²) in [5, 5.41) is 10.3. The van der Waals surface area contributed by atoms with Crippen molar-refractivity contribution in [3.8, 4) is 6.07 Å². The van der Waals surface area contributed by atoms with Crippen LogP contribution in [0.1, 0.15) is 11.1 Å². The van der Waals surface area contributed by atoms with Gasteiger partial charge in [0.15, 0.2) is 0 Å². The van der Waals surface area contributed by atoms with Crippen LogP contribution in [0, 0.1) is 11.3 Å². The van der Waals surface area contributed by atoms with E-state index in [2.05, 4.69) is 11.1 Å². The van der Waals surface area contributed by atoms with Crippen LogP contribution in [0.15, 0.2) is 42.7 Å². The smallest absolute Gasteiger partial charge is 0.0998 e. The predicted molar refractivity (Wildman–Crippen MR) is 74.2 cm³/mol. The molecule has 88 valence electrons. The maximum absolute atomic E-state index is 9.17. The first-order valence-electron chi connectivity index (χ1n) is 5.18. The lowest BCUT2D eigenvalue weighted by Crippen LogP contribution is -1.84. The molecule has 0 aliphatic carbocycles. The first-order valence-corrected chi connectivity index (χ1v) is 5.93. The summed E-state index contributed by atoms with van der Waals surface area (Å²) in [6, 6.07) is 10.9. The van der Waals surface area contributed by atoms with Crippen LogP contribution in [0.5, 0.6) is 0 Å². The quantitative estimate of drug-likeness (QED) is 0.759. The van der Waals surface area contributed by atoms with Crippen molar-refractivity contribution in [2.24, 2.45) is 0 Å². The van der Waals surface area contributed by atoms with E-state index in [1.165, 1.54) is 0 Å². The number of hydrogen-bond donors (Lipinski definition) is 0. The highest BCUT2D eigenvalue weighted by Crippen LogP contribution is 2.25. The molecule has 4 heteroatoms. The first-order chi connectivity index (χ1) is 8.70. The summed E-state index contributed by atoms with van der Waals surface area (Å²) in [5.41, 5.74) is 2.01. The van der Waals surface area contributed by atoms with Crippen molar-refractivity contribution >= 4 is 34.9 Å². The van der Waals surface area contributed by atoms with Crippen molar-refractivity contribution in [3.05, 3.63) is 63.9 Å². The number of hydrogen-bond acceptors (Lipinski definition) is 2. The van der Waals surface area contributed by atoms with E-state index in [1.54, 1.807) is 42.7 Å². The molecule has 1 aromatic heterocycles. The van der Waals surface area contributed by atoms with Gasteiger partial charge in [-0.15, -0.1) is 0 Å². The third-order valence-corrected chi connectivity index (χ3v) is 2.92. The zero-order valence-electron chi connectivity index (χ0n) is 9.27. The molecule has 0 amide bonds. The van der Waals surface area contributed by atoms with Crippen LogP contribution >= 0.6 is 23.2 Å². The molecule has 1 aromatic carbocycles. The molecule has 0 bridgehead atoms. The third kappa shape index (κ3) is 2.89. The summed E-state index contributed by atoms with van der Waals surface area (Å²) < 4.78 is 0. The van der Waals surface area contributed by atoms with Gasteiger partial charge in [0.05, 0.1) is 11.6 Å². The lowest BCUT2D eigenvalue weighted by Gasteiger charge is -2.01. The molecular formula is C14H8Cl2N2. The number of halogens is 2. The van der Waals surface area contributed by atoms with Crippen molar-refractivity contribution in [2.45, 2.75) is 0 Å². The van der Waals surface area contributed by atoms with E-state index in [0.717, 1.165) is 11.1 Å². The van der Waals surface area contributed by atoms with E-state index in [-0.39, 0.29) is 0 Å². The van der Waals surface area contributed by atoms with Gasteiger partial charge in [0.1, 0.15) is 0 Å². The molecule has 0 saturated heterocycles. The van der Waals surface area contributed by atoms with Gasteiger partial charge in [-0.1, -0.05) is 35.3 Å². The summed E-state index contributed by atoms with van der Waals surface area (Å²) in [7, 11) is 0. The van der Waals surface area contributed by atoms with Gasteiger partial charge in [0, 0.05) is 28.0 Å². The van der Waals surface area contributed by atoms with Gasteiger partial charge in [0.25, 0.3) is 0 Å². The van der Waals surface area contributed by atoms with Crippen LogP contribution < -0.4 is 0 Å². The lowest BCUT2D eigenvalue weighted by molar-refractivity contribution is 1.31. The fourth-order valence-corrected chi connectivity index (χ4v) is 1.94. The van der Waals surface area contributed by atoms with Crippen LogP contribution in [0.2, 0.25) is 10.0 Å². The minimum atomic E-state index is 0.507. The monoisotopic (exact) mass is 274 g/mol. The molecule has 0 unspecified atom stereocenters. The van der Waals surface area contributed by atoms with Crippen molar-refractivity contribution in [2.75, 3.05) is 0 Å². The third-order valence-electron chi connectivity index (χ3n) is 2.36. The van der Waals surface area contributed by atoms with E-state index in [9.17, 15) is 5.26 Å². The Morgan fingerprint density at radius 3 is 2.72 bits per heavy atom. The van der Waals surface area contributed by atoms with E-state index in [1.807, 2.05) is 6.07 Å². The molecule has 1 heterocycles. The van der Waals surface area contributed by atoms with Crippen LogP contribution in [-0.2, 0) is 0 Å². The van der Waals surface area contributed by atoms with E-state index in [0.29, 0.717) is 15.6 Å². The van der Waals surface area contributed by atoms with Crippen LogP contribution in [0.3, 0.4) is 0 Å². The minimum absolute atomic E-state index is 0.507. The number of nitriles is 1. The lowest BCUT2D eigenvalue weighted by atomic mass is 10.1. The molecule has 0 N–H and O–H groups in total. The largest absolute Gasteiger partial charge is 0.264 e. The number of pyridine rings is 1. The Morgan fingerprint density at radius 2 is 2.11 bits per heavy atom. The molecule has 0 aliphatic heterocycles. The summed E-state index contributed by atoms with van der Waals surface area (Å²) in [4.78, 5) is 3.99. The molecule has 0 fully saturated rings. The van der Waals surface area contributed by atoms with Gasteiger partial charge >= 0.3 is 0 Å². The first kappa shape index (κ1) is 12.6.